The smallest absolute Gasteiger partial charge is 0.356 e. The third-order valence-electron chi connectivity index (χ3n) is 2.44. The Bertz CT molecular complexity index is 513. The number of benzene rings is 1. The van der Waals surface area contributed by atoms with Crippen LogP contribution in [0.15, 0.2) is 16.7 Å². The summed E-state index contributed by atoms with van der Waals surface area (Å²) in [6.45, 7) is 3.38. The Morgan fingerprint density at radius 2 is 1.87 bits per heavy atom. The number of fused-ring (bicyclic) bond motifs is 1. The molecule has 0 saturated heterocycles. The minimum absolute atomic E-state index is 0.0579. The van der Waals surface area contributed by atoms with E-state index in [1.807, 2.05) is 0 Å². The van der Waals surface area contributed by atoms with E-state index in [0.717, 1.165) is 5.56 Å². The van der Waals surface area contributed by atoms with Gasteiger partial charge in [-0.15, -0.1) is 0 Å². The topological polar surface area (TPSA) is 26.0 Å². The van der Waals surface area contributed by atoms with E-state index in [-0.39, 0.29) is 11.0 Å². The number of hydrogen-bond acceptors (Lipinski definition) is 2. The Balaban J connectivity index is 2.84. The molecule has 5 heteroatoms. The van der Waals surface area contributed by atoms with Gasteiger partial charge in [0.15, 0.2) is 11.3 Å². The van der Waals surface area contributed by atoms with Crippen LogP contribution in [0.3, 0.4) is 0 Å². The van der Waals surface area contributed by atoms with Crippen LogP contribution in [-0.4, -0.2) is 5.16 Å². The molecule has 0 aliphatic heterocycles. The molecule has 1 aromatic carbocycles. The Morgan fingerprint density at radius 1 is 1.20 bits per heavy atom. The van der Waals surface area contributed by atoms with Crippen molar-refractivity contribution in [2.75, 3.05) is 0 Å². The lowest BCUT2D eigenvalue weighted by Gasteiger charge is -2.04. The molecule has 2 aromatic rings. The molecular formula is C10H8F3NO. The van der Waals surface area contributed by atoms with Crippen molar-refractivity contribution in [3.05, 3.63) is 29.0 Å². The predicted molar refractivity (Wildman–Crippen MR) is 48.5 cm³/mol. The van der Waals surface area contributed by atoms with Crippen LogP contribution in [-0.2, 0) is 6.18 Å². The predicted octanol–water partition coefficient (Wildman–Crippen LogP) is 3.46. The third kappa shape index (κ3) is 1.48. The molecule has 1 heterocycles. The maximum Gasteiger partial charge on any atom is 0.437 e. The van der Waals surface area contributed by atoms with E-state index in [0.29, 0.717) is 5.56 Å². The van der Waals surface area contributed by atoms with Crippen molar-refractivity contribution in [1.29, 1.82) is 0 Å². The third-order valence-corrected chi connectivity index (χ3v) is 2.44. The molecule has 0 spiro atoms. The van der Waals surface area contributed by atoms with Crippen LogP contribution in [0.2, 0.25) is 0 Å². The highest BCUT2D eigenvalue weighted by Gasteiger charge is 2.37. The number of rotatable bonds is 0. The average molecular weight is 215 g/mol. The molecule has 0 atom stereocenters. The van der Waals surface area contributed by atoms with Gasteiger partial charge < -0.3 is 4.52 Å². The first-order chi connectivity index (χ1) is 6.91. The molecule has 0 aliphatic carbocycles. The number of aromatic nitrogens is 1. The zero-order chi connectivity index (χ0) is 11.2. The molecule has 0 radical (unpaired) electrons. The average Bonchev–Trinajstić information content (AvgIpc) is 2.54. The molecule has 80 valence electrons. The quantitative estimate of drug-likeness (QED) is 0.672. The fraction of sp³-hybridized carbons (Fsp3) is 0.300. The summed E-state index contributed by atoms with van der Waals surface area (Å²) in [5, 5.41) is 3.13. The monoisotopic (exact) mass is 215 g/mol. The zero-order valence-corrected chi connectivity index (χ0v) is 8.14. The van der Waals surface area contributed by atoms with Gasteiger partial charge >= 0.3 is 6.18 Å². The van der Waals surface area contributed by atoms with Crippen molar-refractivity contribution in [2.45, 2.75) is 20.0 Å². The molecule has 0 saturated carbocycles. The minimum atomic E-state index is -4.47. The van der Waals surface area contributed by atoms with Gasteiger partial charge in [0.1, 0.15) is 0 Å². The Morgan fingerprint density at radius 3 is 2.47 bits per heavy atom. The van der Waals surface area contributed by atoms with Crippen LogP contribution in [0.1, 0.15) is 16.8 Å². The summed E-state index contributed by atoms with van der Waals surface area (Å²) in [6, 6.07) is 3.21. The van der Waals surface area contributed by atoms with E-state index in [9.17, 15) is 13.2 Å². The van der Waals surface area contributed by atoms with Gasteiger partial charge in [0.2, 0.25) is 0 Å². The fourth-order valence-corrected chi connectivity index (χ4v) is 1.50. The molecule has 2 rings (SSSR count). The fourth-order valence-electron chi connectivity index (χ4n) is 1.50. The molecular weight excluding hydrogens is 207 g/mol. The van der Waals surface area contributed by atoms with Crippen molar-refractivity contribution in [1.82, 2.24) is 5.16 Å². The van der Waals surface area contributed by atoms with Gasteiger partial charge in [-0.3, -0.25) is 0 Å². The van der Waals surface area contributed by atoms with Crippen LogP contribution in [0.25, 0.3) is 11.0 Å². The summed E-state index contributed by atoms with van der Waals surface area (Å²) < 4.78 is 42.3. The van der Waals surface area contributed by atoms with E-state index in [4.69, 9.17) is 0 Å². The number of alkyl halides is 3. The van der Waals surface area contributed by atoms with Crippen LogP contribution < -0.4 is 0 Å². The molecule has 0 unspecified atom stereocenters. The van der Waals surface area contributed by atoms with E-state index >= 15 is 0 Å². The Labute approximate surface area is 83.7 Å². The van der Waals surface area contributed by atoms with E-state index in [1.165, 1.54) is 6.07 Å². The van der Waals surface area contributed by atoms with Crippen LogP contribution in [0, 0.1) is 13.8 Å². The lowest BCUT2D eigenvalue weighted by molar-refractivity contribution is -0.141. The lowest BCUT2D eigenvalue weighted by Crippen LogP contribution is -2.06. The first kappa shape index (κ1) is 10.0. The molecule has 0 aliphatic rings. The highest BCUT2D eigenvalue weighted by molar-refractivity contribution is 5.84. The van der Waals surface area contributed by atoms with Crippen molar-refractivity contribution in [3.63, 3.8) is 0 Å². The largest absolute Gasteiger partial charge is 0.437 e. The summed E-state index contributed by atoms with van der Waals surface area (Å²) in [7, 11) is 0. The van der Waals surface area contributed by atoms with Crippen molar-refractivity contribution >= 4 is 11.0 Å². The molecule has 0 N–H and O–H groups in total. The highest BCUT2D eigenvalue weighted by Crippen LogP contribution is 2.36. The standard InChI is InChI=1S/C10H8F3NO/c1-5-3-4-7-8(6(5)2)9(14-15-7)10(11,12)13/h3-4H,1-2H3. The summed E-state index contributed by atoms with van der Waals surface area (Å²) >= 11 is 0. The molecule has 2 nitrogen and oxygen atoms in total. The normalized spacial score (nSPS) is 12.3. The number of halogens is 3. The second-order valence-corrected chi connectivity index (χ2v) is 3.41. The van der Waals surface area contributed by atoms with Gasteiger partial charge in [-0.25, -0.2) is 0 Å². The maximum absolute atomic E-state index is 12.5. The number of nitrogens with zero attached hydrogens (tertiary/aromatic N) is 1. The van der Waals surface area contributed by atoms with E-state index < -0.39 is 11.9 Å². The summed E-state index contributed by atoms with van der Waals surface area (Å²) in [5.74, 6) is 0. The molecule has 1 aromatic heterocycles. The summed E-state index contributed by atoms with van der Waals surface area (Å²) in [4.78, 5) is 0. The van der Waals surface area contributed by atoms with Gasteiger partial charge in [0.05, 0.1) is 5.39 Å². The first-order valence-corrected chi connectivity index (χ1v) is 4.34. The first-order valence-electron chi connectivity index (χ1n) is 4.34. The summed E-state index contributed by atoms with van der Waals surface area (Å²) in [5.41, 5.74) is 0.571. The number of hydrogen-bond donors (Lipinski definition) is 0. The van der Waals surface area contributed by atoms with Crippen LogP contribution in [0.5, 0.6) is 0 Å². The van der Waals surface area contributed by atoms with E-state index in [1.54, 1.807) is 19.9 Å². The Kier molecular flexibility index (Phi) is 1.99. The van der Waals surface area contributed by atoms with Gasteiger partial charge in [-0.1, -0.05) is 11.2 Å². The van der Waals surface area contributed by atoms with Gasteiger partial charge in [-0.2, -0.15) is 13.2 Å². The summed E-state index contributed by atoms with van der Waals surface area (Å²) in [6.07, 6.45) is -4.47. The second kappa shape index (κ2) is 2.98. The van der Waals surface area contributed by atoms with Crippen LogP contribution in [0.4, 0.5) is 13.2 Å². The second-order valence-electron chi connectivity index (χ2n) is 3.41. The SMILES string of the molecule is Cc1ccc2onc(C(F)(F)F)c2c1C. The van der Waals surface area contributed by atoms with Gasteiger partial charge in [-0.05, 0) is 31.0 Å². The Hall–Kier alpha value is -1.52. The van der Waals surface area contributed by atoms with Crippen LogP contribution >= 0.6 is 0 Å². The molecule has 15 heavy (non-hydrogen) atoms. The van der Waals surface area contributed by atoms with Crippen molar-refractivity contribution < 1.29 is 17.7 Å². The molecule has 0 fully saturated rings. The van der Waals surface area contributed by atoms with Crippen molar-refractivity contribution in [3.8, 4) is 0 Å². The minimum Gasteiger partial charge on any atom is -0.356 e. The van der Waals surface area contributed by atoms with E-state index in [2.05, 4.69) is 9.68 Å². The molecule has 0 amide bonds. The van der Waals surface area contributed by atoms with Gasteiger partial charge in [0, 0.05) is 0 Å². The van der Waals surface area contributed by atoms with Crippen molar-refractivity contribution in [2.24, 2.45) is 0 Å². The molecule has 0 bridgehead atoms. The van der Waals surface area contributed by atoms with Gasteiger partial charge in [0.25, 0.3) is 0 Å². The lowest BCUT2D eigenvalue weighted by atomic mass is 10.0. The zero-order valence-electron chi connectivity index (χ0n) is 8.14. The highest BCUT2D eigenvalue weighted by atomic mass is 19.4. The maximum atomic E-state index is 12.5. The number of aryl methyl sites for hydroxylation is 2.